The van der Waals surface area contributed by atoms with Crippen LogP contribution in [0, 0.1) is 0 Å². The quantitative estimate of drug-likeness (QED) is 0.0890. The molecule has 1 saturated heterocycles. The van der Waals surface area contributed by atoms with E-state index in [1.165, 1.54) is 99.8 Å². The first-order valence-electron chi connectivity index (χ1n) is 16.2. The second-order valence-corrected chi connectivity index (χ2v) is 14.0. The molecule has 3 rings (SSSR count). The Balaban J connectivity index is 1.29. The van der Waals surface area contributed by atoms with Crippen molar-refractivity contribution in [3.05, 3.63) is 53.1 Å². The van der Waals surface area contributed by atoms with Crippen molar-refractivity contribution in [1.82, 2.24) is 9.55 Å². The second-order valence-electron chi connectivity index (χ2n) is 11.2. The van der Waals surface area contributed by atoms with E-state index in [9.17, 15) is 9.36 Å². The number of benzene rings is 1. The van der Waals surface area contributed by atoms with Gasteiger partial charge in [-0.15, -0.1) is 11.8 Å². The molecule has 242 valence electrons. The van der Waals surface area contributed by atoms with E-state index in [4.69, 9.17) is 24.0 Å². The van der Waals surface area contributed by atoms with Crippen LogP contribution in [0.5, 0.6) is 5.75 Å². The zero-order valence-electron chi connectivity index (χ0n) is 25.9. The molecule has 0 spiro atoms. The van der Waals surface area contributed by atoms with Crippen LogP contribution in [0.1, 0.15) is 116 Å². The minimum Gasteiger partial charge on any atom is -0.404 e. The molecule has 2 aromatic rings. The molecule has 43 heavy (non-hydrogen) atoms. The van der Waals surface area contributed by atoms with Crippen molar-refractivity contribution < 1.29 is 22.9 Å². The highest BCUT2D eigenvalue weighted by molar-refractivity contribution is 8.00. The molecular weight excluding hydrogens is 585 g/mol. The molecule has 3 atom stereocenters. The molecule has 0 bridgehead atoms. The van der Waals surface area contributed by atoms with Gasteiger partial charge in [0.15, 0.2) is 0 Å². The Bertz CT molecular complexity index is 1120. The van der Waals surface area contributed by atoms with Gasteiger partial charge in [0, 0.05) is 11.9 Å². The zero-order valence-corrected chi connectivity index (χ0v) is 27.6. The number of rotatable bonds is 24. The third-order valence-electron chi connectivity index (χ3n) is 7.47. The van der Waals surface area contributed by atoms with Gasteiger partial charge in [-0.1, -0.05) is 121 Å². The molecule has 2 N–H and O–H groups in total. The Hall–Kier alpha value is -1.84. The Morgan fingerprint density at radius 3 is 2.05 bits per heavy atom. The lowest BCUT2D eigenvalue weighted by Crippen LogP contribution is -2.28. The number of anilines is 1. The fourth-order valence-electron chi connectivity index (χ4n) is 5.00. The molecule has 0 radical (unpaired) electrons. The maximum absolute atomic E-state index is 13.5. The molecule has 11 heteroatoms. The van der Waals surface area contributed by atoms with Crippen molar-refractivity contribution in [3.63, 3.8) is 0 Å². The number of aromatic nitrogens is 2. The summed E-state index contributed by atoms with van der Waals surface area (Å²) in [6, 6.07) is 10.4. The maximum Gasteiger partial charge on any atom is 0.530 e. The molecule has 1 aromatic heterocycles. The first-order chi connectivity index (χ1) is 21.0. The molecule has 1 aliphatic heterocycles. The van der Waals surface area contributed by atoms with Crippen molar-refractivity contribution in [1.29, 1.82) is 0 Å². The number of hydrogen-bond acceptors (Lipinski definition) is 9. The number of nitrogens with two attached hydrogens (primary N) is 1. The molecule has 1 aliphatic rings. The van der Waals surface area contributed by atoms with Gasteiger partial charge in [0.2, 0.25) is 0 Å². The lowest BCUT2D eigenvalue weighted by molar-refractivity contribution is -0.00775. The average molecular weight is 638 g/mol. The van der Waals surface area contributed by atoms with Crippen molar-refractivity contribution in [2.45, 2.75) is 121 Å². The first kappa shape index (κ1) is 35.6. The summed E-state index contributed by atoms with van der Waals surface area (Å²) in [6.07, 6.45) is 21.6. The molecular formula is C32H52N3O6PS. The molecule has 3 unspecified atom stereocenters. The lowest BCUT2D eigenvalue weighted by atomic mass is 10.0. The Kier molecular flexibility index (Phi) is 17.4. The van der Waals surface area contributed by atoms with Crippen LogP contribution in [0.25, 0.3) is 0 Å². The van der Waals surface area contributed by atoms with E-state index in [2.05, 4.69) is 11.9 Å². The lowest BCUT2D eigenvalue weighted by Gasteiger charge is -2.20. The van der Waals surface area contributed by atoms with Gasteiger partial charge in [-0.3, -0.25) is 13.6 Å². The molecule has 9 nitrogen and oxygen atoms in total. The van der Waals surface area contributed by atoms with Gasteiger partial charge in [-0.05, 0) is 24.6 Å². The summed E-state index contributed by atoms with van der Waals surface area (Å²) in [5.74, 6) is 1.09. The fraction of sp³-hybridized carbons (Fsp3) is 0.688. The Morgan fingerprint density at radius 1 is 0.884 bits per heavy atom. The summed E-state index contributed by atoms with van der Waals surface area (Å²) in [7, 11) is -3.88. The number of nitrogen functional groups attached to an aromatic ring is 1. The highest BCUT2D eigenvalue weighted by Crippen LogP contribution is 2.50. The topological polar surface area (TPSA) is 115 Å². The van der Waals surface area contributed by atoms with Gasteiger partial charge in [-0.25, -0.2) is 9.36 Å². The minimum absolute atomic E-state index is 0.0125. The standard InChI is InChI=1S/C32H52N3O6PS/c1-2-3-4-5-6-7-8-9-10-11-12-13-14-15-16-20-25-38-42(37,41-28-21-18-17-19-22-28)39-26-31-40-30(27-43-31)35-24-23-29(33)34-32(35)36/h17-19,21-24,30-31H,2-16,20,25-27H2,1H3,(H2,33,34,36). The number of para-hydroxylation sites is 1. The number of thioether (sulfide) groups is 1. The number of nitrogens with zero attached hydrogens (tertiary/aromatic N) is 2. The van der Waals surface area contributed by atoms with Gasteiger partial charge in [0.25, 0.3) is 0 Å². The number of unbranched alkanes of at least 4 members (excludes halogenated alkanes) is 15. The average Bonchev–Trinajstić information content (AvgIpc) is 3.47. The SMILES string of the molecule is CCCCCCCCCCCCCCCCCCOP(=O)(OCC1OC(n2ccc(N)nc2=O)CS1)Oc1ccccc1. The molecule has 1 aromatic carbocycles. The molecule has 2 heterocycles. The zero-order chi connectivity index (χ0) is 30.6. The van der Waals surface area contributed by atoms with E-state index < -0.39 is 25.2 Å². The van der Waals surface area contributed by atoms with Crippen molar-refractivity contribution >= 4 is 25.4 Å². The normalized spacial score (nSPS) is 18.1. The summed E-state index contributed by atoms with van der Waals surface area (Å²) in [4.78, 5) is 15.9. The van der Waals surface area contributed by atoms with E-state index in [1.807, 2.05) is 6.07 Å². The Labute approximate surface area is 262 Å². The van der Waals surface area contributed by atoms with E-state index in [0.29, 0.717) is 11.5 Å². The predicted octanol–water partition coefficient (Wildman–Crippen LogP) is 8.90. The van der Waals surface area contributed by atoms with Crippen molar-refractivity contribution in [2.75, 3.05) is 24.7 Å². The van der Waals surface area contributed by atoms with Gasteiger partial charge in [0.1, 0.15) is 23.2 Å². The Morgan fingerprint density at radius 2 is 1.47 bits per heavy atom. The second kappa shape index (κ2) is 21.0. The maximum atomic E-state index is 13.5. The molecule has 0 saturated carbocycles. The van der Waals surface area contributed by atoms with Crippen LogP contribution in [-0.2, 0) is 18.3 Å². The third-order valence-corrected chi connectivity index (χ3v) is 9.97. The van der Waals surface area contributed by atoms with Crippen LogP contribution in [-0.4, -0.2) is 34.0 Å². The smallest absolute Gasteiger partial charge is 0.404 e. The summed E-state index contributed by atoms with van der Waals surface area (Å²) < 4.78 is 38.0. The van der Waals surface area contributed by atoms with E-state index in [-0.39, 0.29) is 19.0 Å². The number of ether oxygens (including phenoxy) is 1. The molecule has 0 amide bonds. The summed E-state index contributed by atoms with van der Waals surface area (Å²) >= 11 is 1.46. The van der Waals surface area contributed by atoms with Crippen molar-refractivity contribution in [2.24, 2.45) is 0 Å². The van der Waals surface area contributed by atoms with Gasteiger partial charge >= 0.3 is 13.5 Å². The van der Waals surface area contributed by atoms with Gasteiger partial charge in [0.05, 0.1) is 13.2 Å². The van der Waals surface area contributed by atoms with Crippen LogP contribution in [0.3, 0.4) is 0 Å². The number of hydrogen-bond donors (Lipinski definition) is 1. The predicted molar refractivity (Wildman–Crippen MR) is 175 cm³/mol. The molecule has 0 aliphatic carbocycles. The van der Waals surface area contributed by atoms with Crippen molar-refractivity contribution in [3.8, 4) is 5.75 Å². The van der Waals surface area contributed by atoms with Crippen LogP contribution < -0.4 is 15.9 Å². The summed E-state index contributed by atoms with van der Waals surface area (Å²) in [6.45, 7) is 2.55. The largest absolute Gasteiger partial charge is 0.530 e. The van der Waals surface area contributed by atoms with Crippen LogP contribution >= 0.6 is 19.6 Å². The van der Waals surface area contributed by atoms with Gasteiger partial charge in [-0.2, -0.15) is 4.98 Å². The van der Waals surface area contributed by atoms with E-state index in [0.717, 1.165) is 19.3 Å². The highest BCUT2D eigenvalue weighted by Gasteiger charge is 2.34. The monoisotopic (exact) mass is 637 g/mol. The summed E-state index contributed by atoms with van der Waals surface area (Å²) in [5, 5.41) is 0. The fourth-order valence-corrected chi connectivity index (χ4v) is 7.32. The van der Waals surface area contributed by atoms with E-state index >= 15 is 0 Å². The van der Waals surface area contributed by atoms with E-state index in [1.54, 1.807) is 36.5 Å². The first-order valence-corrected chi connectivity index (χ1v) is 18.8. The number of phosphoric ester groups is 1. The minimum atomic E-state index is -3.88. The van der Waals surface area contributed by atoms with Gasteiger partial charge < -0.3 is 15.0 Å². The van der Waals surface area contributed by atoms with Crippen LogP contribution in [0.15, 0.2) is 47.4 Å². The number of phosphoric acid groups is 1. The highest BCUT2D eigenvalue weighted by atomic mass is 32.2. The van der Waals surface area contributed by atoms with Crippen LogP contribution in [0.4, 0.5) is 5.82 Å². The third kappa shape index (κ3) is 14.7. The molecule has 1 fully saturated rings. The van der Waals surface area contributed by atoms with Crippen LogP contribution in [0.2, 0.25) is 0 Å². The summed E-state index contributed by atoms with van der Waals surface area (Å²) in [5.41, 5.74) is 4.66.